The molecule has 19 heavy (non-hydrogen) atoms. The van der Waals surface area contributed by atoms with E-state index < -0.39 is 21.8 Å². The zero-order valence-corrected chi connectivity index (χ0v) is 15.0. The van der Waals surface area contributed by atoms with Gasteiger partial charge < -0.3 is 9.47 Å². The molecule has 1 aromatic carbocycles. The molecule has 9 heteroatoms. The molecule has 1 rings (SSSR count). The number of esters is 1. The second-order valence-corrected chi connectivity index (χ2v) is 5.64. The Kier molecular flexibility index (Phi) is 7.56. The smallest absolute Gasteiger partial charge is 0.342 e. The summed E-state index contributed by atoms with van der Waals surface area (Å²) >= 11 is 3.17. The van der Waals surface area contributed by atoms with E-state index >= 15 is 0 Å². The van der Waals surface area contributed by atoms with Crippen molar-refractivity contribution in [2.24, 2.45) is 0 Å². The third-order valence-electron chi connectivity index (χ3n) is 2.13. The van der Waals surface area contributed by atoms with Crippen molar-refractivity contribution in [1.82, 2.24) is 0 Å². The molecule has 0 atom stereocenters. The van der Waals surface area contributed by atoms with Crippen LogP contribution in [0.1, 0.15) is 15.9 Å². The van der Waals surface area contributed by atoms with Crippen LogP contribution in [-0.4, -0.2) is 62.7 Å². The van der Waals surface area contributed by atoms with Gasteiger partial charge in [0.25, 0.3) is 10.1 Å². The molecule has 1 radical (unpaired) electrons. The van der Waals surface area contributed by atoms with Gasteiger partial charge in [-0.25, -0.2) is 4.79 Å². The van der Waals surface area contributed by atoms with Crippen molar-refractivity contribution in [3.8, 4) is 5.75 Å². The molecule has 0 bridgehead atoms. The van der Waals surface area contributed by atoms with Crippen molar-refractivity contribution < 1.29 is 27.2 Å². The minimum atomic E-state index is -4.26. The van der Waals surface area contributed by atoms with Crippen LogP contribution in [0, 0.1) is 0 Å². The summed E-state index contributed by atoms with van der Waals surface area (Å²) in [7, 11) is -1.75. The first kappa shape index (κ1) is 18.9. The zero-order chi connectivity index (χ0) is 13.9. The van der Waals surface area contributed by atoms with Crippen LogP contribution in [0.5, 0.6) is 5.75 Å². The monoisotopic (exact) mass is 361 g/mol. The van der Waals surface area contributed by atoms with E-state index in [-0.39, 0.29) is 46.4 Å². The number of hydrogen-bond donors (Lipinski definition) is 1. The van der Waals surface area contributed by atoms with Crippen molar-refractivity contribution in [3.63, 3.8) is 0 Å². The molecule has 0 aliphatic carbocycles. The standard InChI is InChI=1S/C10H11BrO6S.Na/c1-16-9-7(11)4-3-6(5-18(13,14)15)8(9)10(12)17-2;/h3-4H,5H2,1-2H3,(H,13,14,15);. The van der Waals surface area contributed by atoms with E-state index in [2.05, 4.69) is 20.7 Å². The Labute approximate surface area is 141 Å². The molecule has 0 amide bonds. The zero-order valence-electron chi connectivity index (χ0n) is 10.6. The molecule has 6 nitrogen and oxygen atoms in total. The van der Waals surface area contributed by atoms with E-state index in [1.807, 2.05) is 0 Å². The Morgan fingerprint density at radius 3 is 2.37 bits per heavy atom. The van der Waals surface area contributed by atoms with Crippen LogP contribution < -0.4 is 4.74 Å². The van der Waals surface area contributed by atoms with Gasteiger partial charge in [-0.05, 0) is 27.6 Å². The molecule has 1 N–H and O–H groups in total. The van der Waals surface area contributed by atoms with Gasteiger partial charge >= 0.3 is 5.97 Å². The van der Waals surface area contributed by atoms with Crippen LogP contribution in [0.2, 0.25) is 0 Å². The molecule has 0 aliphatic rings. The second kappa shape index (κ2) is 7.61. The molecule has 0 saturated carbocycles. The first-order valence-corrected chi connectivity index (χ1v) is 7.09. The van der Waals surface area contributed by atoms with Crippen molar-refractivity contribution in [3.05, 3.63) is 27.7 Å². The molecule has 0 aliphatic heterocycles. The fraction of sp³-hybridized carbons (Fsp3) is 0.300. The maximum absolute atomic E-state index is 11.7. The van der Waals surface area contributed by atoms with Crippen LogP contribution in [0.3, 0.4) is 0 Å². The Hall–Kier alpha value is -0.120. The summed E-state index contributed by atoms with van der Waals surface area (Å²) < 4.78 is 40.7. The number of benzene rings is 1. The van der Waals surface area contributed by atoms with E-state index in [0.29, 0.717) is 4.47 Å². The number of carbonyl (C=O) groups excluding carboxylic acids is 1. The van der Waals surface area contributed by atoms with Gasteiger partial charge in [-0.2, -0.15) is 8.42 Å². The van der Waals surface area contributed by atoms with Gasteiger partial charge in [-0.3, -0.25) is 4.55 Å². The van der Waals surface area contributed by atoms with Crippen LogP contribution in [0.25, 0.3) is 0 Å². The Morgan fingerprint density at radius 1 is 1.37 bits per heavy atom. The third kappa shape index (κ3) is 5.05. The number of methoxy groups -OCH3 is 2. The molecule has 0 heterocycles. The number of ether oxygens (including phenoxy) is 2. The van der Waals surface area contributed by atoms with Crippen molar-refractivity contribution >= 4 is 61.6 Å². The van der Waals surface area contributed by atoms with Crippen molar-refractivity contribution in [1.29, 1.82) is 0 Å². The Balaban J connectivity index is 0.00000324. The van der Waals surface area contributed by atoms with E-state index in [1.165, 1.54) is 26.4 Å². The largest absolute Gasteiger partial charge is 0.495 e. The predicted octanol–water partition coefficient (Wildman–Crippen LogP) is 1.25. The first-order chi connectivity index (χ1) is 8.30. The van der Waals surface area contributed by atoms with Crippen LogP contribution >= 0.6 is 15.9 Å². The second-order valence-electron chi connectivity index (χ2n) is 3.33. The molecular formula is C10H11BrNaO6S. The summed E-state index contributed by atoms with van der Waals surface area (Å²) in [6.45, 7) is 0. The minimum Gasteiger partial charge on any atom is -0.495 e. The molecule has 0 aromatic heterocycles. The maximum atomic E-state index is 11.7. The van der Waals surface area contributed by atoms with Crippen LogP contribution in [-0.2, 0) is 20.6 Å². The molecule has 101 valence electrons. The number of rotatable bonds is 4. The summed E-state index contributed by atoms with van der Waals surface area (Å²) in [5, 5.41) is 0. The van der Waals surface area contributed by atoms with Gasteiger partial charge in [-0.1, -0.05) is 6.07 Å². The van der Waals surface area contributed by atoms with Crippen LogP contribution in [0.4, 0.5) is 0 Å². The first-order valence-electron chi connectivity index (χ1n) is 4.69. The summed E-state index contributed by atoms with van der Waals surface area (Å²) in [5.74, 6) is -1.28. The molecule has 0 fully saturated rings. The number of carbonyl (C=O) groups is 1. The van der Waals surface area contributed by atoms with Gasteiger partial charge in [-0.15, -0.1) is 0 Å². The average Bonchev–Trinajstić information content (AvgIpc) is 2.28. The summed E-state index contributed by atoms with van der Waals surface area (Å²) in [4.78, 5) is 11.7. The third-order valence-corrected chi connectivity index (χ3v) is 3.43. The summed E-state index contributed by atoms with van der Waals surface area (Å²) in [6, 6.07) is 2.92. The van der Waals surface area contributed by atoms with Gasteiger partial charge in [0, 0.05) is 29.6 Å². The number of hydrogen-bond acceptors (Lipinski definition) is 5. The van der Waals surface area contributed by atoms with E-state index in [4.69, 9.17) is 9.29 Å². The van der Waals surface area contributed by atoms with Gasteiger partial charge in [0.2, 0.25) is 0 Å². The van der Waals surface area contributed by atoms with Crippen molar-refractivity contribution in [2.45, 2.75) is 5.75 Å². The molecule has 0 saturated heterocycles. The SMILES string of the molecule is COC(=O)c1c(CS(=O)(=O)O)ccc(Br)c1OC.[Na]. The van der Waals surface area contributed by atoms with Gasteiger partial charge in [0.15, 0.2) is 0 Å². The molecular weight excluding hydrogens is 351 g/mol. The summed E-state index contributed by atoms with van der Waals surface area (Å²) in [6.07, 6.45) is 0. The van der Waals surface area contributed by atoms with Gasteiger partial charge in [0.05, 0.1) is 18.7 Å². The maximum Gasteiger partial charge on any atom is 0.342 e. The predicted molar refractivity (Wildman–Crippen MR) is 73.0 cm³/mol. The quantitative estimate of drug-likeness (QED) is 0.493. The normalized spacial score (nSPS) is 10.5. The van der Waals surface area contributed by atoms with E-state index in [0.717, 1.165) is 0 Å². The number of halogens is 1. The molecule has 0 spiro atoms. The average molecular weight is 362 g/mol. The van der Waals surface area contributed by atoms with Crippen LogP contribution in [0.15, 0.2) is 16.6 Å². The van der Waals surface area contributed by atoms with E-state index in [1.54, 1.807) is 0 Å². The molecule has 0 unspecified atom stereocenters. The Morgan fingerprint density at radius 2 is 1.95 bits per heavy atom. The minimum absolute atomic E-state index is 0. The molecule has 1 aromatic rings. The fourth-order valence-corrected chi connectivity index (χ4v) is 2.57. The fourth-order valence-electron chi connectivity index (χ4n) is 1.44. The summed E-state index contributed by atoms with van der Waals surface area (Å²) in [5.41, 5.74) is 0.0661. The Bertz CT molecular complexity index is 572. The topological polar surface area (TPSA) is 89.9 Å². The van der Waals surface area contributed by atoms with Crippen molar-refractivity contribution in [2.75, 3.05) is 14.2 Å². The van der Waals surface area contributed by atoms with Gasteiger partial charge in [0.1, 0.15) is 17.1 Å². The van der Waals surface area contributed by atoms with E-state index in [9.17, 15) is 13.2 Å².